The van der Waals surface area contributed by atoms with Gasteiger partial charge in [-0.25, -0.2) is 0 Å². The van der Waals surface area contributed by atoms with Gasteiger partial charge >= 0.3 is 0 Å². The smallest absolute Gasteiger partial charge is 0.0429 e. The van der Waals surface area contributed by atoms with Gasteiger partial charge < -0.3 is 10.6 Å². The van der Waals surface area contributed by atoms with Gasteiger partial charge in [0, 0.05) is 23.8 Å². The predicted octanol–water partition coefficient (Wildman–Crippen LogP) is 2.70. The Bertz CT molecular complexity index is 392. The Morgan fingerprint density at radius 1 is 1.26 bits per heavy atom. The van der Waals surface area contributed by atoms with E-state index in [1.807, 2.05) is 12.1 Å². The lowest BCUT2D eigenvalue weighted by atomic mass is 9.96. The molecule has 4 heteroatoms. The Balaban J connectivity index is 1.85. The molecular formula is C15H24ClN3. The largest absolute Gasteiger partial charge is 0.399 e. The maximum atomic E-state index is 6.04. The van der Waals surface area contributed by atoms with Crippen molar-refractivity contribution in [3.8, 4) is 0 Å². The summed E-state index contributed by atoms with van der Waals surface area (Å²) in [5.41, 5.74) is 7.81. The molecule has 1 heterocycles. The topological polar surface area (TPSA) is 32.5 Å². The fourth-order valence-electron chi connectivity index (χ4n) is 2.87. The number of benzene rings is 1. The van der Waals surface area contributed by atoms with Crippen LogP contribution < -0.4 is 5.73 Å². The van der Waals surface area contributed by atoms with E-state index >= 15 is 0 Å². The van der Waals surface area contributed by atoms with E-state index < -0.39 is 0 Å². The maximum absolute atomic E-state index is 6.04. The van der Waals surface area contributed by atoms with Crippen molar-refractivity contribution in [3.05, 3.63) is 28.8 Å². The number of nitrogens with zero attached hydrogens (tertiary/aromatic N) is 2. The molecule has 19 heavy (non-hydrogen) atoms. The minimum atomic E-state index is 0.734. The van der Waals surface area contributed by atoms with Crippen molar-refractivity contribution in [2.24, 2.45) is 5.92 Å². The van der Waals surface area contributed by atoms with E-state index in [-0.39, 0.29) is 0 Å². The van der Waals surface area contributed by atoms with Crippen LogP contribution >= 0.6 is 11.6 Å². The zero-order valence-electron chi connectivity index (χ0n) is 11.9. The molecule has 2 N–H and O–H groups in total. The second-order valence-corrected chi connectivity index (χ2v) is 6.31. The van der Waals surface area contributed by atoms with Crippen LogP contribution in [0.15, 0.2) is 18.2 Å². The normalized spacial score (nSPS) is 18.1. The molecule has 106 valence electrons. The highest BCUT2D eigenvalue weighted by Gasteiger charge is 2.19. The Morgan fingerprint density at radius 3 is 2.53 bits per heavy atom. The maximum Gasteiger partial charge on any atom is 0.0429 e. The first kappa shape index (κ1) is 14.6. The molecule has 1 aromatic carbocycles. The summed E-state index contributed by atoms with van der Waals surface area (Å²) < 4.78 is 0. The summed E-state index contributed by atoms with van der Waals surface area (Å²) in [4.78, 5) is 4.79. The highest BCUT2D eigenvalue weighted by molar-refractivity contribution is 6.30. The third-order valence-corrected chi connectivity index (χ3v) is 3.93. The van der Waals surface area contributed by atoms with Crippen LogP contribution in [0.3, 0.4) is 0 Å². The summed E-state index contributed by atoms with van der Waals surface area (Å²) in [6.07, 6.45) is 2.57. The van der Waals surface area contributed by atoms with Crippen molar-refractivity contribution in [1.29, 1.82) is 0 Å². The summed E-state index contributed by atoms with van der Waals surface area (Å²) in [7, 11) is 4.31. The third-order valence-electron chi connectivity index (χ3n) is 3.72. The molecule has 1 saturated heterocycles. The number of hydrogen-bond acceptors (Lipinski definition) is 3. The number of piperidine rings is 1. The molecule has 1 aliphatic rings. The lowest BCUT2D eigenvalue weighted by Crippen LogP contribution is -2.36. The number of rotatable bonds is 4. The van der Waals surface area contributed by atoms with E-state index in [4.69, 9.17) is 17.3 Å². The summed E-state index contributed by atoms with van der Waals surface area (Å²) >= 11 is 6.04. The molecule has 0 saturated carbocycles. The number of likely N-dealkylation sites (tertiary alicyclic amines) is 1. The molecule has 0 bridgehead atoms. The van der Waals surface area contributed by atoms with Gasteiger partial charge in [0.1, 0.15) is 0 Å². The molecule has 1 fully saturated rings. The second-order valence-electron chi connectivity index (χ2n) is 5.87. The van der Waals surface area contributed by atoms with Gasteiger partial charge in [0.25, 0.3) is 0 Å². The Kier molecular flexibility index (Phi) is 5.08. The molecule has 0 radical (unpaired) electrons. The van der Waals surface area contributed by atoms with Crippen LogP contribution in [0.2, 0.25) is 5.02 Å². The van der Waals surface area contributed by atoms with Crippen molar-refractivity contribution in [3.63, 3.8) is 0 Å². The van der Waals surface area contributed by atoms with E-state index in [0.717, 1.165) is 23.2 Å². The molecule has 3 nitrogen and oxygen atoms in total. The van der Waals surface area contributed by atoms with E-state index in [1.165, 1.54) is 38.0 Å². The van der Waals surface area contributed by atoms with Gasteiger partial charge in [0.2, 0.25) is 0 Å². The minimum Gasteiger partial charge on any atom is -0.399 e. The highest BCUT2D eigenvalue weighted by Crippen LogP contribution is 2.22. The van der Waals surface area contributed by atoms with Crippen molar-refractivity contribution >= 4 is 17.3 Å². The van der Waals surface area contributed by atoms with Gasteiger partial charge in [-0.3, -0.25) is 4.90 Å². The summed E-state index contributed by atoms with van der Waals surface area (Å²) in [6, 6.07) is 5.84. The fraction of sp³-hybridized carbons (Fsp3) is 0.600. The molecular weight excluding hydrogens is 258 g/mol. The highest BCUT2D eigenvalue weighted by atomic mass is 35.5. The van der Waals surface area contributed by atoms with Crippen LogP contribution in [-0.4, -0.2) is 43.5 Å². The Hall–Kier alpha value is -0.770. The number of halogens is 1. The van der Waals surface area contributed by atoms with Crippen molar-refractivity contribution in [2.45, 2.75) is 19.4 Å². The molecule has 1 aromatic rings. The first-order chi connectivity index (χ1) is 9.02. The molecule has 0 spiro atoms. The molecule has 0 unspecified atom stereocenters. The third kappa shape index (κ3) is 4.68. The van der Waals surface area contributed by atoms with E-state index in [0.29, 0.717) is 0 Å². The van der Waals surface area contributed by atoms with E-state index in [1.54, 1.807) is 6.07 Å². The van der Waals surface area contributed by atoms with Crippen LogP contribution in [0.25, 0.3) is 0 Å². The number of hydrogen-bond donors (Lipinski definition) is 1. The summed E-state index contributed by atoms with van der Waals surface area (Å²) in [5.74, 6) is 0.843. The molecule has 2 rings (SSSR count). The zero-order chi connectivity index (χ0) is 13.8. The Morgan fingerprint density at radius 2 is 1.95 bits per heavy atom. The van der Waals surface area contributed by atoms with Gasteiger partial charge in [0.15, 0.2) is 0 Å². The fourth-order valence-corrected chi connectivity index (χ4v) is 3.13. The van der Waals surface area contributed by atoms with Crippen LogP contribution in [-0.2, 0) is 6.54 Å². The second kappa shape index (κ2) is 6.60. The summed E-state index contributed by atoms with van der Waals surface area (Å²) in [6.45, 7) is 4.51. The quantitative estimate of drug-likeness (QED) is 0.862. The van der Waals surface area contributed by atoms with Crippen LogP contribution in [0, 0.1) is 5.92 Å². The van der Waals surface area contributed by atoms with Gasteiger partial charge in [-0.1, -0.05) is 11.6 Å². The van der Waals surface area contributed by atoms with Gasteiger partial charge in [-0.15, -0.1) is 0 Å². The van der Waals surface area contributed by atoms with Crippen molar-refractivity contribution < 1.29 is 0 Å². The SMILES string of the molecule is CN(C)CC1CCN(Cc2cc(N)cc(Cl)c2)CC1. The van der Waals surface area contributed by atoms with Crippen molar-refractivity contribution in [2.75, 3.05) is 39.5 Å². The van der Waals surface area contributed by atoms with Crippen LogP contribution in [0.1, 0.15) is 18.4 Å². The molecule has 1 aliphatic heterocycles. The number of nitrogen functional groups attached to an aromatic ring is 1. The minimum absolute atomic E-state index is 0.734. The lowest BCUT2D eigenvalue weighted by Gasteiger charge is -2.33. The van der Waals surface area contributed by atoms with Gasteiger partial charge in [0.05, 0.1) is 0 Å². The lowest BCUT2D eigenvalue weighted by molar-refractivity contribution is 0.157. The Labute approximate surface area is 121 Å². The number of anilines is 1. The number of nitrogens with two attached hydrogens (primary N) is 1. The molecule has 0 aromatic heterocycles. The van der Waals surface area contributed by atoms with E-state index in [2.05, 4.69) is 23.9 Å². The van der Waals surface area contributed by atoms with Crippen LogP contribution in [0.4, 0.5) is 5.69 Å². The van der Waals surface area contributed by atoms with Crippen LogP contribution in [0.5, 0.6) is 0 Å². The van der Waals surface area contributed by atoms with Crippen molar-refractivity contribution in [1.82, 2.24) is 9.80 Å². The average Bonchev–Trinajstić information content (AvgIpc) is 2.29. The van der Waals surface area contributed by atoms with E-state index in [9.17, 15) is 0 Å². The molecule has 0 aliphatic carbocycles. The first-order valence-electron chi connectivity index (χ1n) is 6.95. The van der Waals surface area contributed by atoms with Gasteiger partial charge in [-0.05, 0) is 69.7 Å². The standard InChI is InChI=1S/C15H24ClN3/c1-18(2)10-12-3-5-19(6-4-12)11-13-7-14(16)9-15(17)8-13/h7-9,12H,3-6,10-11,17H2,1-2H3. The predicted molar refractivity (Wildman–Crippen MR) is 82.4 cm³/mol. The summed E-state index contributed by atoms with van der Waals surface area (Å²) in [5, 5.41) is 0.734. The molecule has 0 atom stereocenters. The van der Waals surface area contributed by atoms with Gasteiger partial charge in [-0.2, -0.15) is 0 Å². The monoisotopic (exact) mass is 281 g/mol. The first-order valence-corrected chi connectivity index (χ1v) is 7.33. The zero-order valence-corrected chi connectivity index (χ0v) is 12.7. The molecule has 0 amide bonds. The average molecular weight is 282 g/mol.